The molecule has 1 aliphatic heterocycles. The lowest BCUT2D eigenvalue weighted by atomic mass is 9.77. The van der Waals surface area contributed by atoms with Crippen molar-refractivity contribution in [2.75, 3.05) is 6.54 Å². The first-order chi connectivity index (χ1) is 11.3. The van der Waals surface area contributed by atoms with E-state index >= 15 is 0 Å². The second-order valence-corrected chi connectivity index (χ2v) is 6.87. The summed E-state index contributed by atoms with van der Waals surface area (Å²) < 4.78 is 11.2. The van der Waals surface area contributed by atoms with Crippen molar-refractivity contribution in [1.29, 1.82) is 0 Å². The summed E-state index contributed by atoms with van der Waals surface area (Å²) in [5.41, 5.74) is 17.5. The lowest BCUT2D eigenvalue weighted by molar-refractivity contribution is -0.289. The van der Waals surface area contributed by atoms with E-state index in [0.29, 0.717) is 6.42 Å². The van der Waals surface area contributed by atoms with E-state index in [1.54, 1.807) is 0 Å². The number of aliphatic hydroxyl groups excluding tert-OH is 4. The molecule has 2 aliphatic rings. The summed E-state index contributed by atoms with van der Waals surface area (Å²) in [5, 5.41) is 40.5. The van der Waals surface area contributed by atoms with E-state index in [0.717, 1.165) is 12.8 Å². The minimum Gasteiger partial charge on any atom is -0.390 e. The van der Waals surface area contributed by atoms with E-state index in [-0.39, 0.29) is 12.5 Å². The fourth-order valence-electron chi connectivity index (χ4n) is 3.62. The molecule has 2 rings (SSSR count). The molecular weight excluding hydrogens is 318 g/mol. The van der Waals surface area contributed by atoms with Gasteiger partial charge in [0.15, 0.2) is 6.29 Å². The fourth-order valence-corrected chi connectivity index (χ4v) is 3.62. The highest BCUT2D eigenvalue weighted by atomic mass is 16.7. The summed E-state index contributed by atoms with van der Waals surface area (Å²) in [4.78, 5) is 0. The van der Waals surface area contributed by atoms with Crippen LogP contribution in [0.3, 0.4) is 0 Å². The van der Waals surface area contributed by atoms with Gasteiger partial charge in [-0.1, -0.05) is 13.3 Å². The average molecular weight is 349 g/mol. The van der Waals surface area contributed by atoms with Crippen LogP contribution in [-0.2, 0) is 9.47 Å². The molecule has 0 aromatic heterocycles. The van der Waals surface area contributed by atoms with Gasteiger partial charge >= 0.3 is 0 Å². The first kappa shape index (κ1) is 20.0. The van der Waals surface area contributed by atoms with E-state index < -0.39 is 55.0 Å². The highest BCUT2D eigenvalue weighted by Crippen LogP contribution is 2.32. The second-order valence-electron chi connectivity index (χ2n) is 6.87. The van der Waals surface area contributed by atoms with Crippen molar-refractivity contribution in [2.45, 2.75) is 81.2 Å². The number of nitrogens with two attached hydrogens (primary N) is 3. The maximum absolute atomic E-state index is 10.4. The van der Waals surface area contributed by atoms with E-state index in [9.17, 15) is 20.4 Å². The third-order valence-corrected chi connectivity index (χ3v) is 5.10. The quantitative estimate of drug-likeness (QED) is 0.272. The van der Waals surface area contributed by atoms with E-state index in [4.69, 9.17) is 26.7 Å². The molecule has 1 saturated heterocycles. The molecule has 1 saturated carbocycles. The maximum Gasteiger partial charge on any atom is 0.176 e. The third-order valence-electron chi connectivity index (χ3n) is 5.10. The highest BCUT2D eigenvalue weighted by Gasteiger charge is 2.48. The summed E-state index contributed by atoms with van der Waals surface area (Å²) in [6.07, 6.45) is -5.27. The van der Waals surface area contributed by atoms with Crippen LogP contribution >= 0.6 is 0 Å². The lowest BCUT2D eigenvalue weighted by Gasteiger charge is -2.46. The molecule has 0 bridgehead atoms. The van der Waals surface area contributed by atoms with E-state index in [2.05, 4.69) is 0 Å². The van der Waals surface area contributed by atoms with Gasteiger partial charge in [0.05, 0.1) is 12.1 Å². The predicted molar refractivity (Wildman–Crippen MR) is 85.6 cm³/mol. The predicted octanol–water partition coefficient (Wildman–Crippen LogP) is -3.03. The summed E-state index contributed by atoms with van der Waals surface area (Å²) in [5.74, 6) is -0.0926. The van der Waals surface area contributed by atoms with Crippen LogP contribution < -0.4 is 17.2 Å². The molecule has 1 aliphatic carbocycles. The Kier molecular flexibility index (Phi) is 6.94. The van der Waals surface area contributed by atoms with Gasteiger partial charge in [0.2, 0.25) is 0 Å². The Morgan fingerprint density at radius 1 is 1.04 bits per heavy atom. The summed E-state index contributed by atoms with van der Waals surface area (Å²) in [6, 6.07) is -1.52. The van der Waals surface area contributed by atoms with Crippen molar-refractivity contribution < 1.29 is 29.9 Å². The molecule has 0 amide bonds. The van der Waals surface area contributed by atoms with Crippen molar-refractivity contribution in [3.63, 3.8) is 0 Å². The number of aliphatic hydroxyl groups is 4. The molecule has 10 N–H and O–H groups in total. The van der Waals surface area contributed by atoms with Crippen molar-refractivity contribution >= 4 is 0 Å². The largest absolute Gasteiger partial charge is 0.390 e. The van der Waals surface area contributed by atoms with Gasteiger partial charge in [0.25, 0.3) is 0 Å². The topological polar surface area (TPSA) is 177 Å². The maximum atomic E-state index is 10.4. The highest BCUT2D eigenvalue weighted by molar-refractivity contribution is 4.98. The first-order valence-corrected chi connectivity index (χ1v) is 8.56. The molecule has 0 radical (unpaired) electrons. The van der Waals surface area contributed by atoms with Crippen LogP contribution in [0.15, 0.2) is 0 Å². The minimum absolute atomic E-state index is 0.0225. The third kappa shape index (κ3) is 3.90. The molecule has 0 aromatic carbocycles. The standard InChI is InChI=1S/C15H31N3O6/c1-2-3-6-4-7(17)14(13(22)10(6)19)24-15-9(18)12(21)11(20)8(5-16)23-15/h6-15,19-22H,2-5,16-18H2,1H3. The monoisotopic (exact) mass is 349 g/mol. The van der Waals surface area contributed by atoms with Crippen LogP contribution in [0.2, 0.25) is 0 Å². The van der Waals surface area contributed by atoms with Crippen molar-refractivity contribution in [1.82, 2.24) is 0 Å². The van der Waals surface area contributed by atoms with E-state index in [1.165, 1.54) is 0 Å². The number of rotatable bonds is 5. The van der Waals surface area contributed by atoms with Crippen LogP contribution in [0.4, 0.5) is 0 Å². The smallest absolute Gasteiger partial charge is 0.176 e. The molecule has 9 nitrogen and oxygen atoms in total. The van der Waals surface area contributed by atoms with Crippen LogP contribution in [0.25, 0.3) is 0 Å². The average Bonchev–Trinajstić information content (AvgIpc) is 2.56. The van der Waals surface area contributed by atoms with Gasteiger partial charge in [-0.3, -0.25) is 0 Å². The van der Waals surface area contributed by atoms with Gasteiger partial charge in [-0.25, -0.2) is 0 Å². The first-order valence-electron chi connectivity index (χ1n) is 8.56. The van der Waals surface area contributed by atoms with Crippen molar-refractivity contribution in [2.24, 2.45) is 23.1 Å². The zero-order valence-corrected chi connectivity index (χ0v) is 13.9. The number of ether oxygens (including phenoxy) is 2. The van der Waals surface area contributed by atoms with Gasteiger partial charge in [-0.2, -0.15) is 0 Å². The van der Waals surface area contributed by atoms with Gasteiger partial charge < -0.3 is 47.1 Å². The Bertz CT molecular complexity index is 401. The molecule has 10 atom stereocenters. The number of hydrogen-bond donors (Lipinski definition) is 7. The Morgan fingerprint density at radius 2 is 1.71 bits per heavy atom. The molecule has 142 valence electrons. The van der Waals surface area contributed by atoms with Crippen LogP contribution in [0.5, 0.6) is 0 Å². The van der Waals surface area contributed by atoms with Gasteiger partial charge in [-0.05, 0) is 18.8 Å². The minimum atomic E-state index is -1.27. The molecule has 10 unspecified atom stereocenters. The molecule has 24 heavy (non-hydrogen) atoms. The van der Waals surface area contributed by atoms with Crippen LogP contribution in [0, 0.1) is 5.92 Å². The molecular formula is C15H31N3O6. The SMILES string of the molecule is CCCC1CC(N)C(OC2OC(CN)C(O)C(O)C2N)C(O)C1O. The zero-order valence-electron chi connectivity index (χ0n) is 13.9. The normalized spacial score (nSPS) is 50.0. The summed E-state index contributed by atoms with van der Waals surface area (Å²) in [7, 11) is 0. The van der Waals surface area contributed by atoms with Gasteiger partial charge in [0, 0.05) is 12.6 Å². The van der Waals surface area contributed by atoms with Crippen LogP contribution in [0.1, 0.15) is 26.2 Å². The Balaban J connectivity index is 2.06. The Labute approximate surface area is 141 Å². The molecule has 0 spiro atoms. The Hall–Kier alpha value is -0.360. The molecule has 9 heteroatoms. The second kappa shape index (κ2) is 8.35. The van der Waals surface area contributed by atoms with Crippen molar-refractivity contribution in [3.05, 3.63) is 0 Å². The summed E-state index contributed by atoms with van der Waals surface area (Å²) >= 11 is 0. The lowest BCUT2D eigenvalue weighted by Crippen LogP contribution is -2.66. The number of hydrogen-bond acceptors (Lipinski definition) is 9. The molecule has 2 fully saturated rings. The fraction of sp³-hybridized carbons (Fsp3) is 1.00. The molecule has 0 aromatic rings. The van der Waals surface area contributed by atoms with Gasteiger partial charge in [0.1, 0.15) is 30.5 Å². The summed E-state index contributed by atoms with van der Waals surface area (Å²) in [6.45, 7) is 1.98. The molecule has 1 heterocycles. The van der Waals surface area contributed by atoms with E-state index in [1.807, 2.05) is 6.92 Å². The van der Waals surface area contributed by atoms with Crippen molar-refractivity contribution in [3.8, 4) is 0 Å². The Morgan fingerprint density at radius 3 is 2.29 bits per heavy atom. The van der Waals surface area contributed by atoms with Crippen LogP contribution in [-0.4, -0.2) is 82.0 Å². The van der Waals surface area contributed by atoms with Gasteiger partial charge in [-0.15, -0.1) is 0 Å². The zero-order chi connectivity index (χ0) is 18.0.